The second kappa shape index (κ2) is 1.80. The topological polar surface area (TPSA) is 15.4 Å². The lowest BCUT2D eigenvalue weighted by atomic mass is 10.8. The number of halogens is 6. The van der Waals surface area contributed by atoms with Gasteiger partial charge < -0.3 is 0 Å². The van der Waals surface area contributed by atoms with Gasteiger partial charge in [0, 0.05) is 0 Å². The van der Waals surface area contributed by atoms with Crippen LogP contribution in [0, 0.1) is 0 Å². The predicted octanol–water partition coefficient (Wildman–Crippen LogP) is 1.70. The lowest BCUT2D eigenvalue weighted by Crippen LogP contribution is -2.02. The molecule has 0 amide bonds. The van der Waals surface area contributed by atoms with Crippen molar-refractivity contribution in [3.63, 3.8) is 0 Å². The summed E-state index contributed by atoms with van der Waals surface area (Å²) in [6.07, 6.45) is -2.83. The zero-order valence-electron chi connectivity index (χ0n) is 4.66. The molecule has 0 aromatic carbocycles. The zero-order valence-corrected chi connectivity index (χ0v) is 4.66. The SMILES string of the molecule is FC(F)=NN1C(F)(F)C1(F)F. The summed E-state index contributed by atoms with van der Waals surface area (Å²) >= 11 is 0. The van der Waals surface area contributed by atoms with Gasteiger partial charge in [0.05, 0.1) is 0 Å². The second-order valence-corrected chi connectivity index (χ2v) is 1.73. The molecule has 1 fully saturated rings. The van der Waals surface area contributed by atoms with Gasteiger partial charge in [-0.05, 0) is 0 Å². The minimum Gasteiger partial charge on any atom is -0.171 e. The summed E-state index contributed by atoms with van der Waals surface area (Å²) in [6, 6.07) is -9.15. The van der Waals surface area contributed by atoms with Crippen LogP contribution in [0.4, 0.5) is 26.3 Å². The first kappa shape index (κ1) is 8.15. The Kier molecular flexibility index (Phi) is 1.33. The largest absolute Gasteiger partial charge is 0.430 e. The van der Waals surface area contributed by atoms with E-state index in [9.17, 15) is 26.3 Å². The van der Waals surface area contributed by atoms with E-state index in [-0.39, 0.29) is 0 Å². The highest BCUT2D eigenvalue weighted by atomic mass is 19.3. The number of rotatable bonds is 1. The van der Waals surface area contributed by atoms with Crippen LogP contribution in [0.2, 0.25) is 0 Å². The summed E-state index contributed by atoms with van der Waals surface area (Å²) in [7, 11) is 0. The number of alkyl halides is 4. The molecule has 0 aromatic heterocycles. The van der Waals surface area contributed by atoms with Crippen LogP contribution in [0.25, 0.3) is 0 Å². The highest BCUT2D eigenvalue weighted by Gasteiger charge is 2.85. The molecule has 0 N–H and O–H groups in total. The number of hydrogen-bond acceptors (Lipinski definition) is 2. The van der Waals surface area contributed by atoms with E-state index in [4.69, 9.17) is 0 Å². The molecule has 8 heteroatoms. The minimum atomic E-state index is -4.57. The molecule has 1 aliphatic rings. The smallest absolute Gasteiger partial charge is 0.171 e. The number of nitrogens with zero attached hydrogens (tertiary/aromatic N) is 2. The molecule has 1 aliphatic heterocycles. The average Bonchev–Trinajstić information content (AvgIpc) is 2.11. The van der Waals surface area contributed by atoms with Crippen molar-refractivity contribution in [3.8, 4) is 0 Å². The molecule has 1 heterocycles. The maximum Gasteiger partial charge on any atom is 0.430 e. The van der Waals surface area contributed by atoms with Crippen molar-refractivity contribution in [1.82, 2.24) is 5.01 Å². The van der Waals surface area contributed by atoms with Crippen molar-refractivity contribution < 1.29 is 26.3 Å². The van der Waals surface area contributed by atoms with Gasteiger partial charge in [-0.1, -0.05) is 0 Å². The van der Waals surface area contributed by atoms with E-state index in [0.717, 1.165) is 0 Å². The van der Waals surface area contributed by atoms with E-state index >= 15 is 0 Å². The molecule has 2 nitrogen and oxygen atoms in total. The maximum atomic E-state index is 11.7. The van der Waals surface area contributed by atoms with Gasteiger partial charge in [0.2, 0.25) is 0 Å². The molecular formula is C3F6N2. The molecule has 1 rings (SSSR count). The van der Waals surface area contributed by atoms with E-state index in [2.05, 4.69) is 0 Å². The van der Waals surface area contributed by atoms with Gasteiger partial charge >= 0.3 is 18.3 Å². The minimum absolute atomic E-state index is 1.25. The second-order valence-electron chi connectivity index (χ2n) is 1.73. The molecule has 0 saturated carbocycles. The lowest BCUT2D eigenvalue weighted by molar-refractivity contribution is -0.0278. The first-order valence-corrected chi connectivity index (χ1v) is 2.25. The summed E-state index contributed by atoms with van der Waals surface area (Å²) in [5.74, 6) is 0. The van der Waals surface area contributed by atoms with Crippen molar-refractivity contribution in [1.29, 1.82) is 0 Å². The highest BCUT2D eigenvalue weighted by molar-refractivity contribution is 5.63. The average molecular weight is 178 g/mol. The third kappa shape index (κ3) is 0.925. The summed E-state index contributed by atoms with van der Waals surface area (Å²) < 4.78 is 68.8. The van der Waals surface area contributed by atoms with Crippen LogP contribution in [-0.4, -0.2) is 23.3 Å². The molecule has 11 heavy (non-hydrogen) atoms. The fourth-order valence-electron chi connectivity index (χ4n) is 0.448. The van der Waals surface area contributed by atoms with E-state index in [1.54, 1.807) is 5.10 Å². The van der Waals surface area contributed by atoms with E-state index < -0.39 is 23.3 Å². The van der Waals surface area contributed by atoms with Gasteiger partial charge in [-0.15, -0.1) is 13.9 Å². The van der Waals surface area contributed by atoms with Crippen LogP contribution < -0.4 is 0 Å². The standard InChI is InChI=1S/C3F6N2/c4-1(5)10-11-2(6,7)3(11,8)9. The summed E-state index contributed by atoms with van der Waals surface area (Å²) in [5, 5.41) is 0.356. The normalized spacial score (nSPS) is 24.7. The van der Waals surface area contributed by atoms with Gasteiger partial charge in [0.1, 0.15) is 0 Å². The Morgan fingerprint density at radius 2 is 1.36 bits per heavy atom. The van der Waals surface area contributed by atoms with Crippen molar-refractivity contribution in [2.24, 2.45) is 5.10 Å². The molecule has 64 valence electrons. The Morgan fingerprint density at radius 1 is 1.00 bits per heavy atom. The molecular weight excluding hydrogens is 178 g/mol. The Labute approximate surface area is 56.1 Å². The Bertz CT molecular complexity index is 192. The van der Waals surface area contributed by atoms with E-state index in [1.165, 1.54) is 0 Å². The molecule has 0 atom stereocenters. The Morgan fingerprint density at radius 3 is 1.45 bits per heavy atom. The maximum absolute atomic E-state index is 11.7. The summed E-state index contributed by atoms with van der Waals surface area (Å²) in [4.78, 5) is 0. The molecule has 0 bridgehead atoms. The number of hydrogen-bond donors (Lipinski definition) is 0. The molecule has 0 spiro atoms. The van der Waals surface area contributed by atoms with Gasteiger partial charge in [-0.3, -0.25) is 0 Å². The molecule has 0 unspecified atom stereocenters. The summed E-state index contributed by atoms with van der Waals surface area (Å²) in [5.41, 5.74) is 0. The van der Waals surface area contributed by atoms with Crippen LogP contribution in [0.5, 0.6) is 0 Å². The molecule has 1 saturated heterocycles. The zero-order chi connectivity index (χ0) is 8.86. The third-order valence-corrected chi connectivity index (χ3v) is 1.02. The lowest BCUT2D eigenvalue weighted by Gasteiger charge is -1.87. The van der Waals surface area contributed by atoms with Crippen LogP contribution in [0.15, 0.2) is 5.10 Å². The van der Waals surface area contributed by atoms with Gasteiger partial charge in [-0.25, -0.2) is 0 Å². The van der Waals surface area contributed by atoms with E-state index in [0.29, 0.717) is 0 Å². The Balaban J connectivity index is 2.76. The van der Waals surface area contributed by atoms with Crippen LogP contribution in [0.1, 0.15) is 0 Å². The number of hydrazone groups is 1. The van der Waals surface area contributed by atoms with Crippen LogP contribution >= 0.6 is 0 Å². The molecule has 0 radical (unpaired) electrons. The quantitative estimate of drug-likeness (QED) is 0.258. The highest BCUT2D eigenvalue weighted by Crippen LogP contribution is 2.56. The van der Waals surface area contributed by atoms with Gasteiger partial charge in [0.25, 0.3) is 0 Å². The van der Waals surface area contributed by atoms with Crippen LogP contribution in [0.3, 0.4) is 0 Å². The first-order chi connectivity index (χ1) is 4.80. The van der Waals surface area contributed by atoms with Crippen molar-refractivity contribution in [3.05, 3.63) is 0 Å². The fraction of sp³-hybridized carbons (Fsp3) is 0.667. The molecule has 0 aliphatic carbocycles. The van der Waals surface area contributed by atoms with E-state index in [1.807, 2.05) is 0 Å². The van der Waals surface area contributed by atoms with Crippen molar-refractivity contribution >= 4 is 6.22 Å². The van der Waals surface area contributed by atoms with Crippen molar-refractivity contribution in [2.45, 2.75) is 12.1 Å². The monoisotopic (exact) mass is 178 g/mol. The summed E-state index contributed by atoms with van der Waals surface area (Å²) in [6.45, 7) is 0. The van der Waals surface area contributed by atoms with Crippen LogP contribution in [-0.2, 0) is 0 Å². The first-order valence-electron chi connectivity index (χ1n) is 2.25. The molecule has 0 aromatic rings. The van der Waals surface area contributed by atoms with Gasteiger partial charge in [0.15, 0.2) is 0 Å². The van der Waals surface area contributed by atoms with Gasteiger partial charge in [-0.2, -0.15) is 22.6 Å². The third-order valence-electron chi connectivity index (χ3n) is 1.02. The fourth-order valence-corrected chi connectivity index (χ4v) is 0.448. The Hall–Kier alpha value is -0.950. The van der Waals surface area contributed by atoms with Crippen molar-refractivity contribution in [2.75, 3.05) is 0 Å². The predicted molar refractivity (Wildman–Crippen MR) is 21.4 cm³/mol.